The van der Waals surface area contributed by atoms with E-state index in [0.29, 0.717) is 6.04 Å². The second-order valence-corrected chi connectivity index (χ2v) is 5.16. The molecule has 0 aromatic rings. The molecule has 3 heteroatoms. The summed E-state index contributed by atoms with van der Waals surface area (Å²) in [5.74, 6) is -0.173. The maximum Gasteiger partial charge on any atom is 0.322 e. The van der Waals surface area contributed by atoms with Gasteiger partial charge >= 0.3 is 5.97 Å². The smallest absolute Gasteiger partial charge is 0.322 e. The second-order valence-electron chi connectivity index (χ2n) is 5.16. The largest absolute Gasteiger partial charge is 0.468 e. The summed E-state index contributed by atoms with van der Waals surface area (Å²) in [5.41, 5.74) is 0.126. The van der Waals surface area contributed by atoms with Gasteiger partial charge in [0.05, 0.1) is 7.11 Å². The third kappa shape index (κ3) is 5.97. The molecule has 1 N–H and O–H groups in total. The van der Waals surface area contributed by atoms with Crippen LogP contribution in [0, 0.1) is 5.41 Å². The molecule has 3 nitrogen and oxygen atoms in total. The highest BCUT2D eigenvalue weighted by atomic mass is 16.5. The molecule has 0 aromatic carbocycles. The van der Waals surface area contributed by atoms with E-state index in [1.54, 1.807) is 0 Å². The number of methoxy groups -OCH3 is 1. The van der Waals surface area contributed by atoms with Crippen molar-refractivity contribution < 1.29 is 9.53 Å². The highest BCUT2D eigenvalue weighted by Gasteiger charge is 2.25. The van der Waals surface area contributed by atoms with Crippen molar-refractivity contribution in [2.75, 3.05) is 7.11 Å². The van der Waals surface area contributed by atoms with E-state index in [0.717, 1.165) is 6.42 Å². The Kier molecular flexibility index (Phi) is 5.13. The molecular weight excluding hydrogens is 178 g/mol. The highest BCUT2D eigenvalue weighted by molar-refractivity contribution is 5.75. The number of hydrogen-bond donors (Lipinski definition) is 1. The normalized spacial score (nSPS) is 14.2. The zero-order valence-electron chi connectivity index (χ0n) is 10.2. The summed E-state index contributed by atoms with van der Waals surface area (Å²) >= 11 is 0. The molecule has 0 saturated heterocycles. The summed E-state index contributed by atoms with van der Waals surface area (Å²) in [5, 5.41) is 3.21. The Hall–Kier alpha value is -0.570. The molecule has 0 aliphatic rings. The van der Waals surface area contributed by atoms with Crippen molar-refractivity contribution in [2.45, 2.75) is 53.1 Å². The van der Waals surface area contributed by atoms with E-state index in [1.165, 1.54) is 7.11 Å². The van der Waals surface area contributed by atoms with Crippen molar-refractivity contribution in [3.05, 3.63) is 0 Å². The molecule has 0 aromatic heterocycles. The van der Waals surface area contributed by atoms with Gasteiger partial charge < -0.3 is 10.1 Å². The number of nitrogens with one attached hydrogen (secondary N) is 1. The minimum Gasteiger partial charge on any atom is -0.468 e. The van der Waals surface area contributed by atoms with E-state index in [9.17, 15) is 4.79 Å². The van der Waals surface area contributed by atoms with Gasteiger partial charge in [-0.3, -0.25) is 4.79 Å². The lowest BCUT2D eigenvalue weighted by atomic mass is 9.88. The van der Waals surface area contributed by atoms with Crippen molar-refractivity contribution >= 4 is 5.97 Å². The minimum absolute atomic E-state index is 0.126. The maximum atomic E-state index is 11.4. The molecule has 0 heterocycles. The summed E-state index contributed by atoms with van der Waals surface area (Å²) < 4.78 is 4.76. The summed E-state index contributed by atoms with van der Waals surface area (Å²) in [6, 6.07) is 0.0986. The van der Waals surface area contributed by atoms with Gasteiger partial charge in [-0.1, -0.05) is 34.6 Å². The maximum absolute atomic E-state index is 11.4. The van der Waals surface area contributed by atoms with Gasteiger partial charge in [-0.25, -0.2) is 0 Å². The van der Waals surface area contributed by atoms with E-state index in [-0.39, 0.29) is 17.4 Å². The number of esters is 1. The molecule has 0 fully saturated rings. The Balaban J connectivity index is 4.33. The second kappa shape index (κ2) is 5.35. The first-order valence-corrected chi connectivity index (χ1v) is 5.10. The fourth-order valence-corrected chi connectivity index (χ4v) is 1.37. The van der Waals surface area contributed by atoms with Crippen LogP contribution in [0.3, 0.4) is 0 Å². The molecule has 0 spiro atoms. The van der Waals surface area contributed by atoms with Gasteiger partial charge in [0.1, 0.15) is 6.04 Å². The van der Waals surface area contributed by atoms with Gasteiger partial charge in [-0.05, 0) is 11.8 Å². The number of carbonyl (C=O) groups is 1. The first-order valence-electron chi connectivity index (χ1n) is 5.10. The van der Waals surface area contributed by atoms with E-state index < -0.39 is 0 Å². The van der Waals surface area contributed by atoms with Crippen LogP contribution in [0.2, 0.25) is 0 Å². The lowest BCUT2D eigenvalue weighted by Gasteiger charge is -2.26. The molecule has 84 valence electrons. The lowest BCUT2D eigenvalue weighted by Crippen LogP contribution is -2.43. The Bertz CT molecular complexity index is 182. The summed E-state index contributed by atoms with van der Waals surface area (Å²) in [6.45, 7) is 10.4. The van der Waals surface area contributed by atoms with Gasteiger partial charge in [-0.2, -0.15) is 0 Å². The predicted molar refractivity (Wildman–Crippen MR) is 58.1 cm³/mol. The van der Waals surface area contributed by atoms with Crippen LogP contribution < -0.4 is 5.32 Å². The summed E-state index contributed by atoms with van der Waals surface area (Å²) in [7, 11) is 1.43. The monoisotopic (exact) mass is 201 g/mol. The molecule has 0 saturated carbocycles. The first kappa shape index (κ1) is 13.4. The van der Waals surface area contributed by atoms with Crippen LogP contribution in [0.25, 0.3) is 0 Å². The Morgan fingerprint density at radius 1 is 1.36 bits per heavy atom. The van der Waals surface area contributed by atoms with Gasteiger partial charge in [0.2, 0.25) is 0 Å². The molecule has 0 rings (SSSR count). The molecule has 0 radical (unpaired) electrons. The lowest BCUT2D eigenvalue weighted by molar-refractivity contribution is -0.144. The molecule has 1 unspecified atom stereocenters. The zero-order valence-corrected chi connectivity index (χ0v) is 10.2. The summed E-state index contributed by atoms with van der Waals surface area (Å²) in [4.78, 5) is 11.4. The van der Waals surface area contributed by atoms with Crippen molar-refractivity contribution in [1.82, 2.24) is 5.32 Å². The van der Waals surface area contributed by atoms with E-state index >= 15 is 0 Å². The first-order chi connectivity index (χ1) is 6.26. The Morgan fingerprint density at radius 2 is 1.86 bits per heavy atom. The van der Waals surface area contributed by atoms with Crippen molar-refractivity contribution in [3.63, 3.8) is 0 Å². The fourth-order valence-electron chi connectivity index (χ4n) is 1.37. The van der Waals surface area contributed by atoms with Gasteiger partial charge in [0.25, 0.3) is 0 Å². The topological polar surface area (TPSA) is 38.3 Å². The SMILES string of the molecule is COC(=O)C(CC(C)(C)C)NC(C)C. The third-order valence-electron chi connectivity index (χ3n) is 1.84. The molecule has 0 aliphatic heterocycles. The molecular formula is C11H23NO2. The van der Waals surface area contributed by atoms with E-state index in [1.807, 2.05) is 13.8 Å². The average molecular weight is 201 g/mol. The van der Waals surface area contributed by atoms with Crippen LogP contribution in [0.4, 0.5) is 0 Å². The van der Waals surface area contributed by atoms with Crippen LogP contribution in [0.1, 0.15) is 41.0 Å². The number of ether oxygens (including phenoxy) is 1. The Morgan fingerprint density at radius 3 is 2.14 bits per heavy atom. The van der Waals surface area contributed by atoms with Crippen LogP contribution in [-0.4, -0.2) is 25.2 Å². The summed E-state index contributed by atoms with van der Waals surface area (Å²) in [6.07, 6.45) is 0.790. The highest BCUT2D eigenvalue weighted by Crippen LogP contribution is 2.21. The number of carbonyl (C=O) groups excluding carboxylic acids is 1. The number of rotatable bonds is 4. The third-order valence-corrected chi connectivity index (χ3v) is 1.84. The van der Waals surface area contributed by atoms with Crippen LogP contribution in [0.5, 0.6) is 0 Å². The van der Waals surface area contributed by atoms with Gasteiger partial charge in [0.15, 0.2) is 0 Å². The van der Waals surface area contributed by atoms with E-state index in [2.05, 4.69) is 26.1 Å². The Labute approximate surface area is 87.2 Å². The quantitative estimate of drug-likeness (QED) is 0.707. The van der Waals surface area contributed by atoms with Gasteiger partial charge in [0, 0.05) is 6.04 Å². The standard InChI is InChI=1S/C11H23NO2/c1-8(2)12-9(10(13)14-6)7-11(3,4)5/h8-9,12H,7H2,1-6H3. The fraction of sp³-hybridized carbons (Fsp3) is 0.909. The molecule has 0 aliphatic carbocycles. The molecule has 0 amide bonds. The van der Waals surface area contributed by atoms with Crippen LogP contribution in [-0.2, 0) is 9.53 Å². The molecule has 0 bridgehead atoms. The zero-order chi connectivity index (χ0) is 11.4. The van der Waals surface area contributed by atoms with Crippen molar-refractivity contribution in [2.24, 2.45) is 5.41 Å². The van der Waals surface area contributed by atoms with Crippen molar-refractivity contribution in [1.29, 1.82) is 0 Å². The van der Waals surface area contributed by atoms with Crippen LogP contribution >= 0.6 is 0 Å². The predicted octanol–water partition coefficient (Wildman–Crippen LogP) is 1.96. The van der Waals surface area contributed by atoms with E-state index in [4.69, 9.17) is 4.74 Å². The minimum atomic E-state index is -0.194. The van der Waals surface area contributed by atoms with Crippen LogP contribution in [0.15, 0.2) is 0 Å². The molecule has 14 heavy (non-hydrogen) atoms. The number of hydrogen-bond acceptors (Lipinski definition) is 3. The molecule has 1 atom stereocenters. The van der Waals surface area contributed by atoms with Gasteiger partial charge in [-0.15, -0.1) is 0 Å². The van der Waals surface area contributed by atoms with Crippen molar-refractivity contribution in [3.8, 4) is 0 Å². The average Bonchev–Trinajstić information content (AvgIpc) is 1.98.